The maximum Gasteiger partial charge on any atom is 0.253 e. The van der Waals surface area contributed by atoms with Gasteiger partial charge in [-0.05, 0) is 17.7 Å². The summed E-state index contributed by atoms with van der Waals surface area (Å²) in [7, 11) is 0. The van der Waals surface area contributed by atoms with Crippen LogP contribution < -0.4 is 5.32 Å². The first-order chi connectivity index (χ1) is 6.70. The Morgan fingerprint density at radius 2 is 2.36 bits per heavy atom. The van der Waals surface area contributed by atoms with Gasteiger partial charge in [0.15, 0.2) is 0 Å². The maximum absolute atomic E-state index is 11.1. The zero-order valence-corrected chi connectivity index (χ0v) is 7.32. The topological polar surface area (TPSA) is 73.1 Å². The molecule has 1 aromatic rings. The second kappa shape index (κ2) is 3.13. The van der Waals surface area contributed by atoms with E-state index in [1.165, 1.54) is 0 Å². The minimum absolute atomic E-state index is 0.312. The number of hydrogen-bond donors (Lipinski definition) is 2. The van der Waals surface area contributed by atoms with Crippen LogP contribution in [0.5, 0.6) is 0 Å². The molecule has 1 unspecified atom stereocenters. The summed E-state index contributed by atoms with van der Waals surface area (Å²) in [6.07, 6.45) is -0.664. The first kappa shape index (κ1) is 8.73. The van der Waals surface area contributed by atoms with E-state index in [0.717, 1.165) is 5.56 Å². The minimum Gasteiger partial charge on any atom is -0.383 e. The van der Waals surface area contributed by atoms with Crippen molar-refractivity contribution in [2.24, 2.45) is 0 Å². The van der Waals surface area contributed by atoms with Crippen LogP contribution >= 0.6 is 0 Å². The molecule has 1 atom stereocenters. The number of carbonyl (C=O) groups is 1. The number of amides is 1. The summed E-state index contributed by atoms with van der Waals surface area (Å²) in [4.78, 5) is 11.1. The summed E-state index contributed by atoms with van der Waals surface area (Å²) < 4.78 is 0. The fraction of sp³-hybridized carbons (Fsp3) is 0.200. The van der Waals surface area contributed by atoms with Crippen molar-refractivity contribution in [2.75, 3.05) is 5.32 Å². The van der Waals surface area contributed by atoms with Crippen LogP contribution in [0.1, 0.15) is 11.1 Å². The average molecular weight is 188 g/mol. The van der Waals surface area contributed by atoms with Crippen LogP contribution in [0.15, 0.2) is 18.2 Å². The maximum atomic E-state index is 11.1. The predicted octanol–water partition coefficient (Wildman–Crippen LogP) is 0.414. The molecule has 2 rings (SSSR count). The van der Waals surface area contributed by atoms with Gasteiger partial charge in [-0.15, -0.1) is 0 Å². The van der Waals surface area contributed by atoms with Crippen molar-refractivity contribution in [3.8, 4) is 6.07 Å². The number of nitrogens with zero attached hydrogens (tertiary/aromatic N) is 1. The van der Waals surface area contributed by atoms with Crippen molar-refractivity contribution < 1.29 is 9.90 Å². The molecule has 4 nitrogen and oxygen atoms in total. The number of benzene rings is 1. The molecular weight excluding hydrogens is 180 g/mol. The predicted molar refractivity (Wildman–Crippen MR) is 49.5 cm³/mol. The second-order valence-electron chi connectivity index (χ2n) is 3.19. The summed E-state index contributed by atoms with van der Waals surface area (Å²) in [5.74, 6) is -0.410. The molecule has 0 spiro atoms. The van der Waals surface area contributed by atoms with Gasteiger partial charge in [0.05, 0.1) is 11.6 Å². The Hall–Kier alpha value is -1.86. The van der Waals surface area contributed by atoms with Gasteiger partial charge in [0, 0.05) is 12.1 Å². The molecule has 0 aliphatic carbocycles. The second-order valence-corrected chi connectivity index (χ2v) is 3.19. The molecule has 4 heteroatoms. The lowest BCUT2D eigenvalue weighted by Gasteiger charge is -2.20. The first-order valence-electron chi connectivity index (χ1n) is 4.22. The summed E-state index contributed by atoms with van der Waals surface area (Å²) in [6.45, 7) is 0. The molecule has 1 amide bonds. The minimum atomic E-state index is -0.976. The Balaban J connectivity index is 2.44. The van der Waals surface area contributed by atoms with E-state index in [1.54, 1.807) is 18.2 Å². The summed E-state index contributed by atoms with van der Waals surface area (Å²) >= 11 is 0. The third-order valence-electron chi connectivity index (χ3n) is 2.21. The highest BCUT2D eigenvalue weighted by Crippen LogP contribution is 2.23. The lowest BCUT2D eigenvalue weighted by atomic mass is 9.99. The number of nitriles is 1. The van der Waals surface area contributed by atoms with Gasteiger partial charge in [-0.2, -0.15) is 5.26 Å². The Kier molecular flexibility index (Phi) is 1.95. The largest absolute Gasteiger partial charge is 0.383 e. The van der Waals surface area contributed by atoms with Gasteiger partial charge in [0.1, 0.15) is 6.10 Å². The van der Waals surface area contributed by atoms with E-state index in [-0.39, 0.29) is 0 Å². The highest BCUT2D eigenvalue weighted by Gasteiger charge is 2.23. The summed E-state index contributed by atoms with van der Waals surface area (Å²) in [5.41, 5.74) is 1.98. The van der Waals surface area contributed by atoms with Crippen LogP contribution in [0.25, 0.3) is 0 Å². The number of carbonyl (C=O) groups excluding carboxylic acids is 1. The highest BCUT2D eigenvalue weighted by atomic mass is 16.3. The molecule has 2 N–H and O–H groups in total. The van der Waals surface area contributed by atoms with Gasteiger partial charge in [-0.1, -0.05) is 6.07 Å². The van der Waals surface area contributed by atoms with E-state index in [4.69, 9.17) is 5.26 Å². The van der Waals surface area contributed by atoms with Gasteiger partial charge in [0.2, 0.25) is 0 Å². The Morgan fingerprint density at radius 3 is 3.07 bits per heavy atom. The van der Waals surface area contributed by atoms with Crippen LogP contribution in [0.2, 0.25) is 0 Å². The molecule has 14 heavy (non-hydrogen) atoms. The first-order valence-corrected chi connectivity index (χ1v) is 4.22. The monoisotopic (exact) mass is 188 g/mol. The zero-order valence-electron chi connectivity index (χ0n) is 7.32. The van der Waals surface area contributed by atoms with Crippen molar-refractivity contribution in [3.05, 3.63) is 29.3 Å². The molecule has 1 heterocycles. The molecule has 0 radical (unpaired) electrons. The van der Waals surface area contributed by atoms with E-state index in [0.29, 0.717) is 17.7 Å². The summed E-state index contributed by atoms with van der Waals surface area (Å²) in [5, 5.41) is 20.5. The van der Waals surface area contributed by atoms with Crippen molar-refractivity contribution >= 4 is 11.6 Å². The van der Waals surface area contributed by atoms with Gasteiger partial charge >= 0.3 is 0 Å². The number of nitrogens with one attached hydrogen (secondary N) is 1. The van der Waals surface area contributed by atoms with Crippen LogP contribution in [0, 0.1) is 11.3 Å². The van der Waals surface area contributed by atoms with Gasteiger partial charge in [-0.3, -0.25) is 4.79 Å². The van der Waals surface area contributed by atoms with Crippen LogP contribution in [0.4, 0.5) is 5.69 Å². The van der Waals surface area contributed by atoms with Gasteiger partial charge < -0.3 is 10.4 Å². The van der Waals surface area contributed by atoms with E-state index in [1.807, 2.05) is 6.07 Å². The van der Waals surface area contributed by atoms with E-state index >= 15 is 0 Å². The molecule has 0 saturated carbocycles. The van der Waals surface area contributed by atoms with E-state index in [9.17, 15) is 9.90 Å². The molecule has 0 fully saturated rings. The molecule has 0 saturated heterocycles. The smallest absolute Gasteiger partial charge is 0.253 e. The lowest BCUT2D eigenvalue weighted by molar-refractivity contribution is -0.124. The molecule has 0 bridgehead atoms. The standard InChI is InChI=1S/C10H8N2O2/c11-5-6-1-2-7-4-9(13)10(14)12-8(7)3-6/h1-3,9,13H,4H2,(H,12,14). The number of fused-ring (bicyclic) bond motifs is 1. The fourth-order valence-corrected chi connectivity index (χ4v) is 1.46. The fourth-order valence-electron chi connectivity index (χ4n) is 1.46. The van der Waals surface area contributed by atoms with Crippen molar-refractivity contribution in [2.45, 2.75) is 12.5 Å². The van der Waals surface area contributed by atoms with Crippen LogP contribution in [0.3, 0.4) is 0 Å². The summed E-state index contributed by atoms with van der Waals surface area (Å²) in [6, 6.07) is 7.02. The van der Waals surface area contributed by atoms with Crippen LogP contribution in [-0.4, -0.2) is 17.1 Å². The number of hydrogen-bond acceptors (Lipinski definition) is 3. The average Bonchev–Trinajstić information content (AvgIpc) is 2.19. The Bertz CT molecular complexity index is 434. The zero-order chi connectivity index (χ0) is 10.1. The molecule has 0 aromatic heterocycles. The molecule has 1 aliphatic heterocycles. The third-order valence-corrected chi connectivity index (χ3v) is 2.21. The third kappa shape index (κ3) is 1.34. The van der Waals surface area contributed by atoms with Crippen molar-refractivity contribution in [1.29, 1.82) is 5.26 Å². The molecule has 70 valence electrons. The number of rotatable bonds is 0. The van der Waals surface area contributed by atoms with E-state index < -0.39 is 12.0 Å². The van der Waals surface area contributed by atoms with Gasteiger partial charge in [0.25, 0.3) is 5.91 Å². The van der Waals surface area contributed by atoms with E-state index in [2.05, 4.69) is 5.32 Å². The number of aliphatic hydroxyl groups excluding tert-OH is 1. The van der Waals surface area contributed by atoms with Crippen LogP contribution in [-0.2, 0) is 11.2 Å². The SMILES string of the molecule is N#Cc1ccc2c(c1)NC(=O)C(O)C2. The normalized spacial score (nSPS) is 19.4. The number of anilines is 1. The van der Waals surface area contributed by atoms with Crippen molar-refractivity contribution in [3.63, 3.8) is 0 Å². The quantitative estimate of drug-likeness (QED) is 0.619. The Morgan fingerprint density at radius 1 is 1.57 bits per heavy atom. The molecule has 1 aliphatic rings. The molecule has 1 aromatic carbocycles. The van der Waals surface area contributed by atoms with Crippen molar-refractivity contribution in [1.82, 2.24) is 0 Å². The lowest BCUT2D eigenvalue weighted by Crippen LogP contribution is -2.34. The highest BCUT2D eigenvalue weighted by molar-refractivity contribution is 5.97. The molecular formula is C10H8N2O2. The number of aliphatic hydroxyl groups is 1. The Labute approximate surface area is 80.8 Å². The van der Waals surface area contributed by atoms with Gasteiger partial charge in [-0.25, -0.2) is 0 Å².